The summed E-state index contributed by atoms with van der Waals surface area (Å²) in [5.41, 5.74) is -2.30. The number of epoxide rings is 1. The molecule has 2 rings (SSSR count). The maximum atomic E-state index is 11.2. The van der Waals surface area contributed by atoms with Crippen LogP contribution in [0.15, 0.2) is 15.8 Å². The van der Waals surface area contributed by atoms with Crippen LogP contribution in [0, 0.1) is 10.1 Å². The van der Waals surface area contributed by atoms with Gasteiger partial charge in [0, 0.05) is 0 Å². The van der Waals surface area contributed by atoms with Gasteiger partial charge in [0.1, 0.15) is 0 Å². The van der Waals surface area contributed by atoms with E-state index in [-0.39, 0.29) is 12.6 Å². The Labute approximate surface area is 82.3 Å². The number of aromatic amines is 1. The zero-order valence-electron chi connectivity index (χ0n) is 7.50. The highest BCUT2D eigenvalue weighted by atomic mass is 16.6. The van der Waals surface area contributed by atoms with Crippen LogP contribution < -0.4 is 11.2 Å². The van der Waals surface area contributed by atoms with Crippen molar-refractivity contribution < 1.29 is 9.66 Å². The Kier molecular flexibility index (Phi) is 2.12. The van der Waals surface area contributed by atoms with Crippen LogP contribution in [-0.4, -0.2) is 27.2 Å². The molecule has 1 N–H and O–H groups in total. The van der Waals surface area contributed by atoms with E-state index >= 15 is 0 Å². The van der Waals surface area contributed by atoms with Gasteiger partial charge in [0.15, 0.2) is 0 Å². The van der Waals surface area contributed by atoms with Crippen molar-refractivity contribution in [1.29, 1.82) is 0 Å². The fourth-order valence-corrected chi connectivity index (χ4v) is 1.16. The molecule has 1 aliphatic rings. The number of hydrogen-bond acceptors (Lipinski definition) is 5. The van der Waals surface area contributed by atoms with Crippen LogP contribution in [0.25, 0.3) is 0 Å². The second kappa shape index (κ2) is 3.31. The second-order valence-corrected chi connectivity index (χ2v) is 3.14. The molecular formula is C7H7N3O5. The number of hydrogen-bond donors (Lipinski definition) is 1. The minimum Gasteiger partial charge on any atom is -0.371 e. The van der Waals surface area contributed by atoms with E-state index in [1.54, 1.807) is 0 Å². The molecule has 1 aliphatic heterocycles. The summed E-state index contributed by atoms with van der Waals surface area (Å²) < 4.78 is 5.94. The van der Waals surface area contributed by atoms with Crippen molar-refractivity contribution in [1.82, 2.24) is 9.55 Å². The smallest absolute Gasteiger partial charge is 0.350 e. The molecule has 0 amide bonds. The average Bonchev–Trinajstić information content (AvgIpc) is 2.92. The van der Waals surface area contributed by atoms with Crippen molar-refractivity contribution in [3.05, 3.63) is 37.1 Å². The molecule has 0 saturated carbocycles. The topological polar surface area (TPSA) is 111 Å². The fourth-order valence-electron chi connectivity index (χ4n) is 1.16. The standard InChI is InChI=1S/C7H7N3O5/c11-6-5(10(13)14)2-9(7(12)8-6)1-4-3-15-4/h2,4H,1,3H2,(H,8,11,12). The van der Waals surface area contributed by atoms with E-state index in [1.807, 2.05) is 4.98 Å². The van der Waals surface area contributed by atoms with E-state index in [1.165, 1.54) is 0 Å². The predicted octanol–water partition coefficient (Wildman–Crippen LogP) is -1.16. The number of H-pyrrole nitrogens is 1. The summed E-state index contributed by atoms with van der Waals surface area (Å²) in [5, 5.41) is 10.4. The molecule has 0 aliphatic carbocycles. The number of aromatic nitrogens is 2. The Bertz CT molecular complexity index is 512. The number of nitrogens with zero attached hydrogens (tertiary/aromatic N) is 2. The molecule has 0 radical (unpaired) electrons. The van der Waals surface area contributed by atoms with Crippen molar-refractivity contribution in [3.63, 3.8) is 0 Å². The minimum atomic E-state index is -0.988. The molecule has 1 atom stereocenters. The fraction of sp³-hybridized carbons (Fsp3) is 0.429. The van der Waals surface area contributed by atoms with Gasteiger partial charge in [-0.2, -0.15) is 0 Å². The van der Waals surface area contributed by atoms with Crippen LogP contribution in [-0.2, 0) is 11.3 Å². The van der Waals surface area contributed by atoms with Crippen LogP contribution in [0.1, 0.15) is 0 Å². The van der Waals surface area contributed by atoms with Gasteiger partial charge >= 0.3 is 16.9 Å². The van der Waals surface area contributed by atoms with Gasteiger partial charge in [0.05, 0.1) is 30.4 Å². The van der Waals surface area contributed by atoms with E-state index in [4.69, 9.17) is 4.74 Å². The predicted molar refractivity (Wildman–Crippen MR) is 47.7 cm³/mol. The first-order valence-electron chi connectivity index (χ1n) is 4.17. The van der Waals surface area contributed by atoms with Crippen LogP contribution in [0.5, 0.6) is 0 Å². The SMILES string of the molecule is O=c1[nH]c(=O)n(CC2CO2)cc1[N+](=O)[O-]. The van der Waals surface area contributed by atoms with Crippen LogP contribution >= 0.6 is 0 Å². The van der Waals surface area contributed by atoms with Gasteiger partial charge in [-0.1, -0.05) is 0 Å². The molecule has 1 fully saturated rings. The lowest BCUT2D eigenvalue weighted by atomic mass is 10.4. The molecule has 1 unspecified atom stereocenters. The number of rotatable bonds is 3. The molecule has 1 aromatic rings. The number of nitrogens with one attached hydrogen (secondary N) is 1. The zero-order chi connectivity index (χ0) is 11.0. The zero-order valence-corrected chi connectivity index (χ0v) is 7.50. The Hall–Kier alpha value is -1.96. The molecule has 1 saturated heterocycles. The summed E-state index contributed by atoms with van der Waals surface area (Å²) in [6.07, 6.45) is 0.844. The summed E-state index contributed by atoms with van der Waals surface area (Å²) >= 11 is 0. The number of ether oxygens (including phenoxy) is 1. The van der Waals surface area contributed by atoms with Crippen LogP contribution in [0.4, 0.5) is 5.69 Å². The molecule has 1 aromatic heterocycles. The molecule has 15 heavy (non-hydrogen) atoms. The summed E-state index contributed by atoms with van der Waals surface area (Å²) in [6.45, 7) is 0.746. The second-order valence-electron chi connectivity index (χ2n) is 3.14. The highest BCUT2D eigenvalue weighted by Gasteiger charge is 2.25. The Morgan fingerprint density at radius 2 is 2.33 bits per heavy atom. The summed E-state index contributed by atoms with van der Waals surface area (Å²) in [5.74, 6) is 0. The molecule has 0 bridgehead atoms. The largest absolute Gasteiger partial charge is 0.371 e. The lowest BCUT2D eigenvalue weighted by molar-refractivity contribution is -0.386. The lowest BCUT2D eigenvalue weighted by Gasteiger charge is -2.00. The quantitative estimate of drug-likeness (QED) is 0.387. The van der Waals surface area contributed by atoms with Crippen molar-refractivity contribution in [3.8, 4) is 0 Å². The third kappa shape index (κ3) is 1.94. The Morgan fingerprint density at radius 3 is 2.87 bits per heavy atom. The van der Waals surface area contributed by atoms with E-state index in [0.29, 0.717) is 6.61 Å². The van der Waals surface area contributed by atoms with Crippen LogP contribution in [0.2, 0.25) is 0 Å². The molecule has 8 heteroatoms. The minimum absolute atomic E-state index is 0.0896. The average molecular weight is 213 g/mol. The van der Waals surface area contributed by atoms with Gasteiger partial charge in [-0.15, -0.1) is 0 Å². The van der Waals surface area contributed by atoms with E-state index in [9.17, 15) is 19.7 Å². The maximum Gasteiger partial charge on any atom is 0.350 e. The van der Waals surface area contributed by atoms with E-state index < -0.39 is 21.9 Å². The molecule has 2 heterocycles. The maximum absolute atomic E-state index is 11.2. The number of nitro groups is 1. The van der Waals surface area contributed by atoms with Gasteiger partial charge in [-0.3, -0.25) is 24.5 Å². The van der Waals surface area contributed by atoms with Crippen molar-refractivity contribution in [2.75, 3.05) is 6.61 Å². The highest BCUT2D eigenvalue weighted by Crippen LogP contribution is 2.10. The molecule has 8 nitrogen and oxygen atoms in total. The first-order valence-corrected chi connectivity index (χ1v) is 4.17. The molecule has 0 spiro atoms. The first kappa shape index (κ1) is 9.59. The summed E-state index contributed by atoms with van der Waals surface area (Å²) in [7, 11) is 0. The molecular weight excluding hydrogens is 206 g/mol. The highest BCUT2D eigenvalue weighted by molar-refractivity contribution is 5.20. The van der Waals surface area contributed by atoms with Crippen molar-refractivity contribution in [2.24, 2.45) is 0 Å². The summed E-state index contributed by atoms with van der Waals surface area (Å²) in [4.78, 5) is 33.7. The van der Waals surface area contributed by atoms with Gasteiger partial charge in [-0.25, -0.2) is 4.79 Å². The third-order valence-corrected chi connectivity index (χ3v) is 1.99. The third-order valence-electron chi connectivity index (χ3n) is 1.99. The Balaban J connectivity index is 2.45. The molecule has 80 valence electrons. The van der Waals surface area contributed by atoms with Crippen molar-refractivity contribution in [2.45, 2.75) is 12.6 Å². The lowest BCUT2D eigenvalue weighted by Crippen LogP contribution is -2.31. The summed E-state index contributed by atoms with van der Waals surface area (Å²) in [6, 6.07) is 0. The van der Waals surface area contributed by atoms with Gasteiger partial charge in [0.2, 0.25) is 0 Å². The molecule has 0 aromatic carbocycles. The van der Waals surface area contributed by atoms with Gasteiger partial charge in [0.25, 0.3) is 0 Å². The van der Waals surface area contributed by atoms with E-state index in [2.05, 4.69) is 0 Å². The Morgan fingerprint density at radius 1 is 1.67 bits per heavy atom. The normalized spacial score (nSPS) is 18.8. The van der Waals surface area contributed by atoms with E-state index in [0.717, 1.165) is 10.8 Å². The van der Waals surface area contributed by atoms with Gasteiger partial charge in [-0.05, 0) is 0 Å². The monoisotopic (exact) mass is 213 g/mol. The van der Waals surface area contributed by atoms with Gasteiger partial charge < -0.3 is 4.74 Å². The first-order chi connectivity index (χ1) is 7.08. The van der Waals surface area contributed by atoms with Crippen LogP contribution in [0.3, 0.4) is 0 Å². The van der Waals surface area contributed by atoms with Crippen molar-refractivity contribution >= 4 is 5.69 Å².